The van der Waals surface area contributed by atoms with E-state index in [2.05, 4.69) is 0 Å². The molecule has 3 rings (SSSR count). The van der Waals surface area contributed by atoms with Gasteiger partial charge in [-0.05, 0) is 17.2 Å². The Morgan fingerprint density at radius 3 is 2.31 bits per heavy atom. The molecule has 0 aliphatic heterocycles. The molecular weight excluding hydrogens is 336 g/mol. The molecule has 0 amide bonds. The number of hydrogen-bond donors (Lipinski definition) is 3. The van der Waals surface area contributed by atoms with Crippen molar-refractivity contribution in [1.29, 1.82) is 0 Å². The van der Waals surface area contributed by atoms with E-state index >= 15 is 0 Å². The molecule has 0 spiro atoms. The summed E-state index contributed by atoms with van der Waals surface area (Å²) in [7, 11) is 0. The molecule has 0 radical (unpaired) electrons. The van der Waals surface area contributed by atoms with Gasteiger partial charge in [0.15, 0.2) is 5.78 Å². The number of phenolic OH excluding ortho intramolecular Hbond substituents is 2. The first-order valence-electron chi connectivity index (χ1n) is 7.87. The Bertz CT molecular complexity index is 1000. The lowest BCUT2D eigenvalue weighted by Crippen LogP contribution is -2.09. The highest BCUT2D eigenvalue weighted by Crippen LogP contribution is 2.30. The summed E-state index contributed by atoms with van der Waals surface area (Å²) >= 11 is 0. The summed E-state index contributed by atoms with van der Waals surface area (Å²) in [6, 6.07) is 13.6. The topological polar surface area (TPSA) is 108 Å². The summed E-state index contributed by atoms with van der Waals surface area (Å²) in [4.78, 5) is 24.1. The molecule has 0 saturated carbocycles. The molecule has 1 heterocycles. The summed E-state index contributed by atoms with van der Waals surface area (Å²) < 4.78 is 5.00. The number of carbonyl (C=O) groups excluding carboxylic acids is 1. The Morgan fingerprint density at radius 2 is 1.62 bits per heavy atom. The molecular formula is C20H16O6. The number of carbonyl (C=O) groups is 1. The van der Waals surface area contributed by atoms with Crippen molar-refractivity contribution in [3.05, 3.63) is 87.5 Å². The van der Waals surface area contributed by atoms with E-state index in [1.165, 1.54) is 12.1 Å². The first-order valence-corrected chi connectivity index (χ1v) is 7.87. The van der Waals surface area contributed by atoms with Gasteiger partial charge in [0, 0.05) is 25.0 Å². The maximum absolute atomic E-state index is 12.7. The molecule has 0 aliphatic carbocycles. The highest BCUT2D eigenvalue weighted by atomic mass is 16.4. The Morgan fingerprint density at radius 1 is 0.923 bits per heavy atom. The summed E-state index contributed by atoms with van der Waals surface area (Å²) in [6.07, 6.45) is 0.0115. The van der Waals surface area contributed by atoms with Crippen LogP contribution in [0.15, 0.2) is 63.8 Å². The van der Waals surface area contributed by atoms with Gasteiger partial charge in [0.05, 0.1) is 11.6 Å². The smallest absolute Gasteiger partial charge is 0.339 e. The molecule has 0 unspecified atom stereocenters. The molecule has 0 saturated heterocycles. The molecule has 3 N–H and O–H groups in total. The van der Waals surface area contributed by atoms with E-state index in [1.807, 2.05) is 18.2 Å². The van der Waals surface area contributed by atoms with Crippen molar-refractivity contribution in [2.75, 3.05) is 0 Å². The maximum Gasteiger partial charge on any atom is 0.339 e. The zero-order chi connectivity index (χ0) is 18.7. The second-order valence-electron chi connectivity index (χ2n) is 5.86. The van der Waals surface area contributed by atoms with Crippen LogP contribution >= 0.6 is 0 Å². The van der Waals surface area contributed by atoms with E-state index in [0.717, 1.165) is 17.7 Å². The zero-order valence-corrected chi connectivity index (χ0v) is 13.7. The van der Waals surface area contributed by atoms with Crippen LogP contribution in [0.4, 0.5) is 0 Å². The highest BCUT2D eigenvalue weighted by Gasteiger charge is 2.19. The summed E-state index contributed by atoms with van der Waals surface area (Å²) in [5, 5.41) is 29.5. The average molecular weight is 352 g/mol. The Labute approximate surface area is 148 Å². The molecule has 132 valence electrons. The lowest BCUT2D eigenvalue weighted by molar-refractivity contribution is 0.0989. The van der Waals surface area contributed by atoms with Crippen LogP contribution in [0.25, 0.3) is 0 Å². The molecule has 0 bridgehead atoms. The van der Waals surface area contributed by atoms with Crippen molar-refractivity contribution in [2.24, 2.45) is 0 Å². The van der Waals surface area contributed by atoms with Gasteiger partial charge >= 0.3 is 5.63 Å². The fourth-order valence-electron chi connectivity index (χ4n) is 2.79. The van der Waals surface area contributed by atoms with Crippen molar-refractivity contribution in [1.82, 2.24) is 0 Å². The van der Waals surface area contributed by atoms with Crippen LogP contribution in [0, 0.1) is 0 Å². The largest absolute Gasteiger partial charge is 0.508 e. The van der Waals surface area contributed by atoms with Crippen LogP contribution in [0.5, 0.6) is 17.2 Å². The van der Waals surface area contributed by atoms with Gasteiger partial charge in [-0.1, -0.05) is 30.3 Å². The molecule has 0 fully saturated rings. The van der Waals surface area contributed by atoms with Crippen LogP contribution in [0.2, 0.25) is 0 Å². The van der Waals surface area contributed by atoms with Crippen molar-refractivity contribution < 1.29 is 24.5 Å². The minimum absolute atomic E-state index is 0.0395. The molecule has 0 aliphatic rings. The third-order valence-corrected chi connectivity index (χ3v) is 3.84. The van der Waals surface area contributed by atoms with Gasteiger partial charge in [0.2, 0.25) is 0 Å². The number of aromatic hydroxyl groups is 3. The predicted octanol–water partition coefficient (Wildman–Crippen LogP) is 2.77. The molecule has 3 aromatic rings. The lowest BCUT2D eigenvalue weighted by Gasteiger charge is -2.11. The standard InChI is InChI=1S/C20H16O6/c21-14-7-13(8-16-9-15(22)11-19(25)26-16)20(18(24)10-14)17(23)6-12-4-2-1-3-5-12/h1-5,7,9-11,21-22,24H,6,8H2. The van der Waals surface area contributed by atoms with Crippen LogP contribution in [-0.2, 0) is 12.8 Å². The van der Waals surface area contributed by atoms with Crippen molar-refractivity contribution in [3.63, 3.8) is 0 Å². The third-order valence-electron chi connectivity index (χ3n) is 3.84. The van der Waals surface area contributed by atoms with Crippen LogP contribution in [0.1, 0.15) is 27.2 Å². The Hall–Kier alpha value is -3.54. The van der Waals surface area contributed by atoms with Crippen molar-refractivity contribution in [2.45, 2.75) is 12.8 Å². The summed E-state index contributed by atoms with van der Waals surface area (Å²) in [6.45, 7) is 0. The number of phenols is 2. The van der Waals surface area contributed by atoms with Crippen molar-refractivity contribution in [3.8, 4) is 17.2 Å². The fourth-order valence-corrected chi connectivity index (χ4v) is 2.79. The summed E-state index contributed by atoms with van der Waals surface area (Å²) in [5.74, 6) is -1.09. The van der Waals surface area contributed by atoms with Crippen LogP contribution in [-0.4, -0.2) is 21.1 Å². The second-order valence-corrected chi connectivity index (χ2v) is 5.86. The Kier molecular flexibility index (Phi) is 4.75. The van der Waals surface area contributed by atoms with Crippen LogP contribution < -0.4 is 5.63 Å². The number of benzene rings is 2. The Balaban J connectivity index is 1.99. The average Bonchev–Trinajstić information content (AvgIpc) is 2.54. The highest BCUT2D eigenvalue weighted by molar-refractivity contribution is 6.01. The summed E-state index contributed by atoms with van der Waals surface area (Å²) in [5.41, 5.74) is 0.371. The zero-order valence-electron chi connectivity index (χ0n) is 13.7. The fraction of sp³-hybridized carbons (Fsp3) is 0.100. The van der Waals surface area contributed by atoms with Gasteiger partial charge in [0.25, 0.3) is 0 Å². The first-order chi connectivity index (χ1) is 12.4. The SMILES string of the molecule is O=C(Cc1ccccc1)c1c(O)cc(O)cc1Cc1cc(O)cc(=O)o1. The van der Waals surface area contributed by atoms with E-state index < -0.39 is 5.63 Å². The van der Waals surface area contributed by atoms with E-state index in [4.69, 9.17) is 4.42 Å². The molecule has 2 aromatic carbocycles. The first kappa shape index (κ1) is 17.3. The maximum atomic E-state index is 12.7. The van der Waals surface area contributed by atoms with Gasteiger partial charge in [-0.3, -0.25) is 4.79 Å². The number of ketones is 1. The normalized spacial score (nSPS) is 10.6. The minimum Gasteiger partial charge on any atom is -0.508 e. The van der Waals surface area contributed by atoms with E-state index in [0.29, 0.717) is 0 Å². The minimum atomic E-state index is -0.735. The number of Topliss-reactive ketones (excluding diaryl/α,β-unsaturated/α-hetero) is 1. The van der Waals surface area contributed by atoms with E-state index in [1.54, 1.807) is 12.1 Å². The molecule has 26 heavy (non-hydrogen) atoms. The van der Waals surface area contributed by atoms with Gasteiger partial charge in [-0.15, -0.1) is 0 Å². The van der Waals surface area contributed by atoms with Crippen molar-refractivity contribution >= 4 is 5.78 Å². The monoisotopic (exact) mass is 352 g/mol. The van der Waals surface area contributed by atoms with Gasteiger partial charge < -0.3 is 19.7 Å². The molecule has 6 heteroatoms. The molecule has 6 nitrogen and oxygen atoms in total. The third kappa shape index (κ3) is 3.92. The molecule has 1 aromatic heterocycles. The number of rotatable bonds is 5. The quantitative estimate of drug-likeness (QED) is 0.610. The predicted molar refractivity (Wildman–Crippen MR) is 93.7 cm³/mol. The van der Waals surface area contributed by atoms with E-state index in [9.17, 15) is 24.9 Å². The molecule has 0 atom stereocenters. The lowest BCUT2D eigenvalue weighted by atomic mass is 9.94. The van der Waals surface area contributed by atoms with Gasteiger partial charge in [0.1, 0.15) is 23.0 Å². The number of hydrogen-bond acceptors (Lipinski definition) is 6. The van der Waals surface area contributed by atoms with Gasteiger partial charge in [-0.25, -0.2) is 4.79 Å². The van der Waals surface area contributed by atoms with E-state index in [-0.39, 0.29) is 52.8 Å². The van der Waals surface area contributed by atoms with Gasteiger partial charge in [-0.2, -0.15) is 0 Å². The second kappa shape index (κ2) is 7.14. The van der Waals surface area contributed by atoms with Crippen LogP contribution in [0.3, 0.4) is 0 Å².